The molecule has 1 saturated heterocycles. The zero-order valence-electron chi connectivity index (χ0n) is 16.1. The molecule has 3 heterocycles. The molecule has 1 aliphatic rings. The number of aryl methyl sites for hydroxylation is 1. The average molecular weight is 402 g/mol. The van der Waals surface area contributed by atoms with E-state index in [1.54, 1.807) is 30.3 Å². The molecule has 7 nitrogen and oxygen atoms in total. The van der Waals surface area contributed by atoms with E-state index in [-0.39, 0.29) is 18.4 Å². The van der Waals surface area contributed by atoms with Gasteiger partial charge in [0.15, 0.2) is 0 Å². The van der Waals surface area contributed by atoms with Crippen molar-refractivity contribution in [2.75, 3.05) is 36.9 Å². The van der Waals surface area contributed by atoms with Crippen LogP contribution in [0.25, 0.3) is 0 Å². The third-order valence-electron chi connectivity index (χ3n) is 4.64. The van der Waals surface area contributed by atoms with Crippen LogP contribution < -0.4 is 10.2 Å². The zero-order chi connectivity index (χ0) is 20.1. The van der Waals surface area contributed by atoms with E-state index in [4.69, 9.17) is 11.6 Å². The molecule has 0 aromatic carbocycles. The first-order chi connectivity index (χ1) is 13.4. The molecule has 0 spiro atoms. The van der Waals surface area contributed by atoms with Crippen LogP contribution in [0.4, 0.5) is 11.6 Å². The second-order valence-corrected chi connectivity index (χ2v) is 7.41. The molecule has 0 bridgehead atoms. The van der Waals surface area contributed by atoms with Gasteiger partial charge in [0.2, 0.25) is 5.91 Å². The number of nitrogens with one attached hydrogen (secondary N) is 1. The second-order valence-electron chi connectivity index (χ2n) is 7.00. The van der Waals surface area contributed by atoms with E-state index in [1.807, 2.05) is 17.9 Å². The third kappa shape index (κ3) is 4.98. The van der Waals surface area contributed by atoms with Crippen LogP contribution in [0.5, 0.6) is 0 Å². The fourth-order valence-corrected chi connectivity index (χ4v) is 3.50. The van der Waals surface area contributed by atoms with Crippen LogP contribution >= 0.6 is 11.6 Å². The van der Waals surface area contributed by atoms with Crippen LogP contribution in [0.1, 0.15) is 35.2 Å². The number of piperidine rings is 1. The molecular weight excluding hydrogens is 378 g/mol. The Morgan fingerprint density at radius 2 is 1.96 bits per heavy atom. The van der Waals surface area contributed by atoms with Crippen molar-refractivity contribution in [1.29, 1.82) is 0 Å². The molecule has 2 aromatic rings. The Morgan fingerprint density at radius 1 is 1.21 bits per heavy atom. The first-order valence-electron chi connectivity index (χ1n) is 9.32. The van der Waals surface area contributed by atoms with Gasteiger partial charge in [0, 0.05) is 32.5 Å². The van der Waals surface area contributed by atoms with Gasteiger partial charge in [0.05, 0.1) is 17.1 Å². The predicted octanol–water partition coefficient (Wildman–Crippen LogP) is 3.14. The van der Waals surface area contributed by atoms with E-state index in [0.717, 1.165) is 37.9 Å². The minimum absolute atomic E-state index is 0.0495. The van der Waals surface area contributed by atoms with Gasteiger partial charge in [-0.25, -0.2) is 9.97 Å². The third-order valence-corrected chi connectivity index (χ3v) is 4.92. The number of aromatic nitrogens is 2. The summed E-state index contributed by atoms with van der Waals surface area (Å²) in [5.74, 6) is 0.669. The van der Waals surface area contributed by atoms with E-state index < -0.39 is 0 Å². The summed E-state index contributed by atoms with van der Waals surface area (Å²) in [4.78, 5) is 36.8. The van der Waals surface area contributed by atoms with Crippen LogP contribution in [-0.4, -0.2) is 53.4 Å². The highest BCUT2D eigenvalue weighted by Gasteiger charge is 2.20. The molecule has 0 saturated carbocycles. The number of rotatable bonds is 5. The van der Waals surface area contributed by atoms with Gasteiger partial charge < -0.3 is 15.1 Å². The molecule has 0 unspecified atom stereocenters. The molecule has 0 radical (unpaired) electrons. The number of nitrogens with zero attached hydrogens (tertiary/aromatic N) is 4. The van der Waals surface area contributed by atoms with Crippen LogP contribution in [-0.2, 0) is 4.79 Å². The standard InChI is InChI=1S/C20H24ClN5O2/c1-14-6-7-22-17(10-14)24-18(27)13-25(2)19-16(21)11-15(12-23-19)20(28)26-8-4-3-5-9-26/h6-7,10-12H,3-5,8-9,13H2,1-2H3,(H,22,24,27). The van der Waals surface area contributed by atoms with Crippen molar-refractivity contribution in [3.8, 4) is 0 Å². The van der Waals surface area contributed by atoms with Gasteiger partial charge in [-0.2, -0.15) is 0 Å². The molecule has 8 heteroatoms. The summed E-state index contributed by atoms with van der Waals surface area (Å²) < 4.78 is 0. The van der Waals surface area contributed by atoms with Gasteiger partial charge >= 0.3 is 0 Å². The number of hydrogen-bond acceptors (Lipinski definition) is 5. The van der Waals surface area contributed by atoms with E-state index in [9.17, 15) is 9.59 Å². The van der Waals surface area contributed by atoms with E-state index in [0.29, 0.717) is 22.2 Å². The van der Waals surface area contributed by atoms with Crippen molar-refractivity contribution in [2.45, 2.75) is 26.2 Å². The number of anilines is 2. The van der Waals surface area contributed by atoms with Crippen molar-refractivity contribution in [3.63, 3.8) is 0 Å². The van der Waals surface area contributed by atoms with Crippen LogP contribution in [0, 0.1) is 6.92 Å². The summed E-state index contributed by atoms with van der Waals surface area (Å²) in [6, 6.07) is 5.28. The minimum atomic E-state index is -0.230. The van der Waals surface area contributed by atoms with Crippen LogP contribution in [0.15, 0.2) is 30.6 Å². The highest BCUT2D eigenvalue weighted by molar-refractivity contribution is 6.33. The van der Waals surface area contributed by atoms with Crippen LogP contribution in [0.2, 0.25) is 5.02 Å². The van der Waals surface area contributed by atoms with Crippen molar-refractivity contribution < 1.29 is 9.59 Å². The number of hydrogen-bond donors (Lipinski definition) is 1. The number of halogens is 1. The first kappa shape index (κ1) is 20.1. The molecule has 148 valence electrons. The summed E-state index contributed by atoms with van der Waals surface area (Å²) in [5.41, 5.74) is 1.48. The maximum Gasteiger partial charge on any atom is 0.255 e. The summed E-state index contributed by atoms with van der Waals surface area (Å²) in [5, 5.41) is 3.09. The highest BCUT2D eigenvalue weighted by atomic mass is 35.5. The highest BCUT2D eigenvalue weighted by Crippen LogP contribution is 2.24. The maximum atomic E-state index is 12.6. The number of carbonyl (C=O) groups excluding carboxylic acids is 2. The zero-order valence-corrected chi connectivity index (χ0v) is 16.9. The fourth-order valence-electron chi connectivity index (χ4n) is 3.19. The Hall–Kier alpha value is -2.67. The van der Waals surface area contributed by atoms with Crippen molar-refractivity contribution in [2.24, 2.45) is 0 Å². The Balaban J connectivity index is 1.64. The molecule has 2 amide bonds. The fraction of sp³-hybridized carbons (Fsp3) is 0.400. The van der Waals surface area contributed by atoms with E-state index in [1.165, 1.54) is 6.20 Å². The Bertz CT molecular complexity index is 867. The molecule has 1 fully saturated rings. The molecule has 2 aromatic heterocycles. The van der Waals surface area contributed by atoms with Crippen molar-refractivity contribution in [1.82, 2.24) is 14.9 Å². The number of pyridine rings is 2. The smallest absolute Gasteiger partial charge is 0.255 e. The SMILES string of the molecule is Cc1ccnc(NC(=O)CN(C)c2ncc(C(=O)N3CCCCC3)cc2Cl)c1. The number of likely N-dealkylation sites (N-methyl/N-ethyl adjacent to an activating group) is 1. The van der Waals surface area contributed by atoms with Gasteiger partial charge in [-0.15, -0.1) is 0 Å². The summed E-state index contributed by atoms with van der Waals surface area (Å²) in [7, 11) is 1.73. The molecule has 0 atom stereocenters. The normalized spacial score (nSPS) is 13.9. The van der Waals surface area contributed by atoms with Gasteiger partial charge in [0.25, 0.3) is 5.91 Å². The molecule has 3 rings (SSSR count). The molecular formula is C20H24ClN5O2. The quantitative estimate of drug-likeness (QED) is 0.832. The number of amides is 2. The second kappa shape index (κ2) is 9.01. The lowest BCUT2D eigenvalue weighted by Crippen LogP contribution is -2.35. The first-order valence-corrected chi connectivity index (χ1v) is 9.70. The topological polar surface area (TPSA) is 78.4 Å². The Labute approximate surface area is 169 Å². The van der Waals surface area contributed by atoms with Crippen molar-refractivity contribution >= 4 is 35.1 Å². The summed E-state index contributed by atoms with van der Waals surface area (Å²) in [6.07, 6.45) is 6.38. The maximum absolute atomic E-state index is 12.6. The minimum Gasteiger partial charge on any atom is -0.349 e. The number of likely N-dealkylation sites (tertiary alicyclic amines) is 1. The molecule has 28 heavy (non-hydrogen) atoms. The number of carbonyl (C=O) groups is 2. The summed E-state index contributed by atoms with van der Waals surface area (Å²) >= 11 is 6.35. The van der Waals surface area contributed by atoms with Gasteiger partial charge in [0.1, 0.15) is 11.6 Å². The van der Waals surface area contributed by atoms with E-state index >= 15 is 0 Å². The lowest BCUT2D eigenvalue weighted by atomic mass is 10.1. The lowest BCUT2D eigenvalue weighted by Gasteiger charge is -2.27. The summed E-state index contributed by atoms with van der Waals surface area (Å²) in [6.45, 7) is 3.53. The monoisotopic (exact) mass is 401 g/mol. The Morgan fingerprint density at radius 3 is 2.64 bits per heavy atom. The van der Waals surface area contributed by atoms with Crippen LogP contribution in [0.3, 0.4) is 0 Å². The average Bonchev–Trinajstić information content (AvgIpc) is 2.67. The van der Waals surface area contributed by atoms with Gasteiger partial charge in [-0.05, 0) is 49.9 Å². The van der Waals surface area contributed by atoms with E-state index in [2.05, 4.69) is 15.3 Å². The molecule has 0 aliphatic carbocycles. The predicted molar refractivity (Wildman–Crippen MR) is 110 cm³/mol. The molecule has 1 aliphatic heterocycles. The van der Waals surface area contributed by atoms with Crippen molar-refractivity contribution in [3.05, 3.63) is 46.7 Å². The van der Waals surface area contributed by atoms with Gasteiger partial charge in [-0.1, -0.05) is 11.6 Å². The lowest BCUT2D eigenvalue weighted by molar-refractivity contribution is -0.114. The van der Waals surface area contributed by atoms with Gasteiger partial charge in [-0.3, -0.25) is 9.59 Å². The molecule has 1 N–H and O–H groups in total. The Kier molecular flexibility index (Phi) is 6.46. The largest absolute Gasteiger partial charge is 0.349 e.